The molecule has 1 amide bonds. The van der Waals surface area contributed by atoms with Crippen LogP contribution in [0.3, 0.4) is 0 Å². The lowest BCUT2D eigenvalue weighted by Gasteiger charge is -2.08. The van der Waals surface area contributed by atoms with Crippen molar-refractivity contribution < 1.29 is 9.53 Å². The van der Waals surface area contributed by atoms with Crippen molar-refractivity contribution in [3.05, 3.63) is 26.8 Å². The van der Waals surface area contributed by atoms with Crippen molar-refractivity contribution in [3.63, 3.8) is 0 Å². The van der Waals surface area contributed by atoms with E-state index in [4.69, 9.17) is 4.74 Å². The van der Waals surface area contributed by atoms with E-state index in [2.05, 4.69) is 31.2 Å². The number of rotatable bonds is 3. The highest BCUT2D eigenvalue weighted by atomic mass is 79.9. The van der Waals surface area contributed by atoms with Gasteiger partial charge in [0.2, 0.25) is 5.91 Å². The van der Waals surface area contributed by atoms with E-state index in [1.165, 1.54) is 6.20 Å². The molecule has 2 heterocycles. The van der Waals surface area contributed by atoms with E-state index in [1.54, 1.807) is 0 Å². The van der Waals surface area contributed by atoms with Gasteiger partial charge in [-0.15, -0.1) is 0 Å². The summed E-state index contributed by atoms with van der Waals surface area (Å²) in [6.45, 7) is 1.32. The van der Waals surface area contributed by atoms with E-state index < -0.39 is 0 Å². The molecule has 0 radical (unpaired) electrons. The molecule has 1 aliphatic rings. The number of nitrogens with one attached hydrogen (secondary N) is 2. The second-order valence-corrected chi connectivity index (χ2v) is 4.64. The summed E-state index contributed by atoms with van der Waals surface area (Å²) in [5.74, 6) is 0.288. The number of hydrogen-bond acceptors (Lipinski definition) is 4. The highest BCUT2D eigenvalue weighted by Gasteiger charge is 2.23. The zero-order chi connectivity index (χ0) is 12.3. The van der Waals surface area contributed by atoms with Gasteiger partial charge in [-0.2, -0.15) is 0 Å². The molecule has 0 aliphatic carbocycles. The number of H-pyrrole nitrogens is 1. The predicted octanol–water partition coefficient (Wildman–Crippen LogP) is 0.185. The van der Waals surface area contributed by atoms with Crippen molar-refractivity contribution in [2.75, 3.05) is 13.2 Å². The van der Waals surface area contributed by atoms with Crippen LogP contribution in [0, 0.1) is 5.92 Å². The van der Waals surface area contributed by atoms with Crippen LogP contribution in [-0.4, -0.2) is 29.1 Å². The molecule has 6 nitrogen and oxygen atoms in total. The molecule has 2 rings (SSSR count). The van der Waals surface area contributed by atoms with E-state index in [9.17, 15) is 9.59 Å². The Morgan fingerprint density at radius 3 is 3.18 bits per heavy atom. The highest BCUT2D eigenvalue weighted by molar-refractivity contribution is 9.10. The second kappa shape index (κ2) is 5.42. The molecule has 17 heavy (non-hydrogen) atoms. The van der Waals surface area contributed by atoms with Gasteiger partial charge in [0.25, 0.3) is 5.56 Å². The summed E-state index contributed by atoms with van der Waals surface area (Å²) in [7, 11) is 0. The van der Waals surface area contributed by atoms with Gasteiger partial charge in [-0.3, -0.25) is 9.59 Å². The molecular weight excluding hydrogens is 290 g/mol. The summed E-state index contributed by atoms with van der Waals surface area (Å²) in [6.07, 6.45) is 2.16. The van der Waals surface area contributed by atoms with Crippen molar-refractivity contribution in [2.45, 2.75) is 13.0 Å². The summed E-state index contributed by atoms with van der Waals surface area (Å²) in [5, 5.41) is 2.72. The number of nitrogens with zero attached hydrogens (tertiary/aromatic N) is 1. The van der Waals surface area contributed by atoms with Gasteiger partial charge < -0.3 is 15.0 Å². The average molecular weight is 302 g/mol. The summed E-state index contributed by atoms with van der Waals surface area (Å²) in [5.41, 5.74) is -0.256. The second-order valence-electron chi connectivity index (χ2n) is 3.79. The smallest absolute Gasteiger partial charge is 0.265 e. The van der Waals surface area contributed by atoms with Gasteiger partial charge in [0, 0.05) is 12.8 Å². The number of aromatic nitrogens is 2. The van der Waals surface area contributed by atoms with Crippen LogP contribution in [-0.2, 0) is 16.1 Å². The number of carbonyl (C=O) groups excluding carboxylic acids is 1. The van der Waals surface area contributed by atoms with Crippen LogP contribution in [0.15, 0.2) is 15.5 Å². The van der Waals surface area contributed by atoms with E-state index in [-0.39, 0.29) is 23.9 Å². The van der Waals surface area contributed by atoms with Gasteiger partial charge in [0.05, 0.1) is 19.1 Å². The Morgan fingerprint density at radius 2 is 2.53 bits per heavy atom. The van der Waals surface area contributed by atoms with Crippen molar-refractivity contribution in [1.82, 2.24) is 15.3 Å². The van der Waals surface area contributed by atoms with Crippen molar-refractivity contribution in [2.24, 2.45) is 5.92 Å². The molecule has 1 saturated heterocycles. The van der Waals surface area contributed by atoms with Crippen LogP contribution >= 0.6 is 15.9 Å². The van der Waals surface area contributed by atoms with Gasteiger partial charge in [0.15, 0.2) is 0 Å². The number of hydrogen-bond donors (Lipinski definition) is 2. The van der Waals surface area contributed by atoms with Crippen LogP contribution in [0.2, 0.25) is 0 Å². The van der Waals surface area contributed by atoms with Gasteiger partial charge >= 0.3 is 0 Å². The van der Waals surface area contributed by atoms with E-state index in [1.807, 2.05) is 0 Å². The predicted molar refractivity (Wildman–Crippen MR) is 63.3 cm³/mol. The molecule has 1 aliphatic heterocycles. The number of halogens is 1. The first-order valence-electron chi connectivity index (χ1n) is 5.26. The van der Waals surface area contributed by atoms with Gasteiger partial charge in [-0.1, -0.05) is 0 Å². The zero-order valence-corrected chi connectivity index (χ0v) is 10.6. The quantitative estimate of drug-likeness (QED) is 0.834. The van der Waals surface area contributed by atoms with Gasteiger partial charge in [-0.25, -0.2) is 4.98 Å². The Labute approximate surface area is 106 Å². The maximum absolute atomic E-state index is 11.7. The molecule has 0 saturated carbocycles. The molecule has 1 atom stereocenters. The first-order valence-corrected chi connectivity index (χ1v) is 6.05. The highest BCUT2D eigenvalue weighted by Crippen LogP contribution is 2.11. The summed E-state index contributed by atoms with van der Waals surface area (Å²) >= 11 is 3.05. The number of carbonyl (C=O) groups is 1. The minimum absolute atomic E-state index is 0.0620. The number of aromatic amines is 1. The third-order valence-electron chi connectivity index (χ3n) is 2.54. The maximum atomic E-state index is 11.7. The minimum Gasteiger partial charge on any atom is -0.381 e. The first-order chi connectivity index (χ1) is 8.16. The monoisotopic (exact) mass is 301 g/mol. The third-order valence-corrected chi connectivity index (χ3v) is 3.10. The zero-order valence-electron chi connectivity index (χ0n) is 9.03. The van der Waals surface area contributed by atoms with Gasteiger partial charge in [-0.05, 0) is 22.4 Å². The number of ether oxygens (including phenoxy) is 1. The topological polar surface area (TPSA) is 84.1 Å². The normalized spacial score (nSPS) is 19.2. The first kappa shape index (κ1) is 12.3. The summed E-state index contributed by atoms with van der Waals surface area (Å²) in [6, 6.07) is 0. The lowest BCUT2D eigenvalue weighted by Crippen LogP contribution is -2.31. The molecule has 0 bridgehead atoms. The Morgan fingerprint density at radius 1 is 1.71 bits per heavy atom. The Bertz CT molecular complexity index is 468. The molecule has 1 unspecified atom stereocenters. The lowest BCUT2D eigenvalue weighted by atomic mass is 10.1. The van der Waals surface area contributed by atoms with Crippen molar-refractivity contribution in [1.29, 1.82) is 0 Å². The molecular formula is C10H12BrN3O3. The molecule has 1 aromatic rings. The van der Waals surface area contributed by atoms with Crippen LogP contribution in [0.5, 0.6) is 0 Å². The Balaban J connectivity index is 1.90. The molecule has 1 fully saturated rings. The fraction of sp³-hybridized carbons (Fsp3) is 0.500. The van der Waals surface area contributed by atoms with Crippen LogP contribution in [0.4, 0.5) is 0 Å². The molecule has 1 aromatic heterocycles. The fourth-order valence-corrected chi connectivity index (χ4v) is 1.76. The fourth-order valence-electron chi connectivity index (χ4n) is 1.56. The van der Waals surface area contributed by atoms with E-state index >= 15 is 0 Å². The molecule has 0 spiro atoms. The van der Waals surface area contributed by atoms with E-state index in [0.29, 0.717) is 23.5 Å². The number of amides is 1. The van der Waals surface area contributed by atoms with Crippen LogP contribution in [0.1, 0.15) is 12.2 Å². The SMILES string of the molecule is O=C(NCc1ncc(Br)c(=O)[nH]1)C1CCOC1. The standard InChI is InChI=1S/C10H12BrN3O3/c11-7-3-12-8(14-10(7)16)4-13-9(15)6-1-2-17-5-6/h3,6H,1-2,4-5H2,(H,13,15)(H,12,14,16). The third kappa shape index (κ3) is 3.13. The van der Waals surface area contributed by atoms with Gasteiger partial charge in [0.1, 0.15) is 10.3 Å². The van der Waals surface area contributed by atoms with Crippen molar-refractivity contribution in [3.8, 4) is 0 Å². The van der Waals surface area contributed by atoms with E-state index in [0.717, 1.165) is 6.42 Å². The van der Waals surface area contributed by atoms with Crippen molar-refractivity contribution >= 4 is 21.8 Å². The van der Waals surface area contributed by atoms with Crippen LogP contribution in [0.25, 0.3) is 0 Å². The molecule has 7 heteroatoms. The largest absolute Gasteiger partial charge is 0.381 e. The lowest BCUT2D eigenvalue weighted by molar-refractivity contribution is -0.125. The van der Waals surface area contributed by atoms with Crippen LogP contribution < -0.4 is 10.9 Å². The minimum atomic E-state index is -0.256. The summed E-state index contributed by atoms with van der Waals surface area (Å²) < 4.78 is 5.50. The average Bonchev–Trinajstić information content (AvgIpc) is 2.84. The maximum Gasteiger partial charge on any atom is 0.265 e. The molecule has 92 valence electrons. The Kier molecular flexibility index (Phi) is 3.90. The molecule has 2 N–H and O–H groups in total. The Hall–Kier alpha value is -1.21. The summed E-state index contributed by atoms with van der Waals surface area (Å²) in [4.78, 5) is 29.5. The molecule has 0 aromatic carbocycles.